The highest BCUT2D eigenvalue weighted by molar-refractivity contribution is 5.91. The van der Waals surface area contributed by atoms with Crippen LogP contribution in [0, 0.1) is 13.8 Å². The first-order chi connectivity index (χ1) is 47.8. The summed E-state index contributed by atoms with van der Waals surface area (Å²) in [5, 5.41) is 0. The van der Waals surface area contributed by atoms with Crippen molar-refractivity contribution in [1.82, 2.24) is 0 Å². The number of nitrogens with zero attached hydrogens (tertiary/aromatic N) is 2. The van der Waals surface area contributed by atoms with Gasteiger partial charge in [0.1, 0.15) is 0 Å². The fourth-order valence-electron chi connectivity index (χ4n) is 16.5. The minimum Gasteiger partial charge on any atom is -0.314 e. The highest BCUT2D eigenvalue weighted by Gasteiger charge is 2.48. The van der Waals surface area contributed by atoms with Crippen molar-refractivity contribution in [2.24, 2.45) is 0 Å². The van der Waals surface area contributed by atoms with E-state index in [9.17, 15) is 0 Å². The third-order valence-corrected chi connectivity index (χ3v) is 21.6. The monoisotopic (exact) mass is 1250 g/mol. The fraction of sp³-hybridized carbons (Fsp3) is 0.137. The van der Waals surface area contributed by atoms with E-state index in [1.165, 1.54) is 141 Å². The van der Waals surface area contributed by atoms with Crippen LogP contribution in [0.15, 0.2) is 338 Å². The summed E-state index contributed by atoms with van der Waals surface area (Å²) in [4.78, 5) is 4.95. The molecular formula is C95H78N2. The van der Waals surface area contributed by atoms with Gasteiger partial charge in [0.25, 0.3) is 0 Å². The van der Waals surface area contributed by atoms with Crippen molar-refractivity contribution < 1.29 is 0 Å². The quantitative estimate of drug-likeness (QED) is 0.101. The minimum atomic E-state index is -0.560. The molecule has 2 nitrogen and oxygen atoms in total. The van der Waals surface area contributed by atoms with Gasteiger partial charge in [-0.15, -0.1) is 0 Å². The second-order valence-corrected chi connectivity index (χ2v) is 27.6. The van der Waals surface area contributed by atoms with Gasteiger partial charge in [0.2, 0.25) is 0 Å². The van der Waals surface area contributed by atoms with Crippen LogP contribution in [0.3, 0.4) is 0 Å². The van der Waals surface area contributed by atoms with Crippen LogP contribution in [0.4, 0.5) is 28.4 Å². The molecule has 2 unspecified atom stereocenters. The normalized spacial score (nSPS) is 18.1. The van der Waals surface area contributed by atoms with Gasteiger partial charge < -0.3 is 9.80 Å². The molecule has 0 heterocycles. The first-order valence-corrected chi connectivity index (χ1v) is 34.9. The maximum Gasteiger partial charge on any atom is 0.0714 e. The molecule has 17 rings (SSSR count). The van der Waals surface area contributed by atoms with Crippen molar-refractivity contribution in [2.75, 3.05) is 9.80 Å². The Morgan fingerprint density at radius 3 is 1.32 bits per heavy atom. The van der Waals surface area contributed by atoms with Crippen molar-refractivity contribution in [3.63, 3.8) is 0 Å². The van der Waals surface area contributed by atoms with E-state index in [0.29, 0.717) is 0 Å². The summed E-state index contributed by atoms with van der Waals surface area (Å²) in [6, 6.07) is 107. The summed E-state index contributed by atoms with van der Waals surface area (Å²) in [5.41, 5.74) is 35.8. The summed E-state index contributed by atoms with van der Waals surface area (Å²) in [6.07, 6.45) is 24.5. The number of rotatable bonds is 15. The van der Waals surface area contributed by atoms with E-state index in [2.05, 4.69) is 352 Å². The van der Waals surface area contributed by atoms with Crippen LogP contribution in [0.1, 0.15) is 116 Å². The number of benzene rings is 12. The molecule has 2 atom stereocenters. The lowest BCUT2D eigenvalue weighted by molar-refractivity contribution is 0.766. The summed E-state index contributed by atoms with van der Waals surface area (Å²) >= 11 is 0. The third kappa shape index (κ3) is 10.6. The molecular weight excluding hydrogens is 1170 g/mol. The van der Waals surface area contributed by atoms with Gasteiger partial charge in [0.05, 0.1) is 10.8 Å². The minimum absolute atomic E-state index is 0.555. The second-order valence-electron chi connectivity index (χ2n) is 27.6. The number of fused-ring (bicyclic) bond motifs is 7. The lowest BCUT2D eigenvalue weighted by Crippen LogP contribution is -2.29. The van der Waals surface area contributed by atoms with Crippen molar-refractivity contribution in [2.45, 2.75) is 83.0 Å². The average Bonchev–Trinajstić information content (AvgIpc) is 1.55. The highest BCUT2D eigenvalue weighted by atomic mass is 15.2. The Morgan fingerprint density at radius 2 is 0.784 bits per heavy atom. The van der Waals surface area contributed by atoms with Crippen LogP contribution in [0.5, 0.6) is 0 Å². The van der Waals surface area contributed by atoms with E-state index in [1.54, 1.807) is 0 Å². The number of allylic oxidation sites excluding steroid dienone is 10. The third-order valence-electron chi connectivity index (χ3n) is 21.6. The molecule has 0 saturated carbocycles. The fourth-order valence-corrected chi connectivity index (χ4v) is 16.5. The molecule has 0 N–H and O–H groups in total. The van der Waals surface area contributed by atoms with Crippen LogP contribution in [-0.4, -0.2) is 0 Å². The molecule has 0 aromatic heterocycles. The van der Waals surface area contributed by atoms with Crippen LogP contribution < -0.4 is 9.80 Å². The Kier molecular flexibility index (Phi) is 15.3. The van der Waals surface area contributed by atoms with Gasteiger partial charge in [0.15, 0.2) is 0 Å². The molecule has 5 aliphatic carbocycles. The first kappa shape index (κ1) is 59.7. The van der Waals surface area contributed by atoms with Crippen molar-refractivity contribution >= 4 is 28.4 Å². The van der Waals surface area contributed by atoms with E-state index >= 15 is 0 Å². The molecule has 0 amide bonds. The van der Waals surface area contributed by atoms with Gasteiger partial charge in [-0.25, -0.2) is 0 Å². The first-order valence-electron chi connectivity index (χ1n) is 34.9. The molecule has 0 bridgehead atoms. The van der Waals surface area contributed by atoms with E-state index < -0.39 is 10.8 Å². The Balaban J connectivity index is 0.722. The maximum absolute atomic E-state index is 2.52. The lowest BCUT2D eigenvalue weighted by atomic mass is 9.67. The van der Waals surface area contributed by atoms with Gasteiger partial charge in [-0.2, -0.15) is 0 Å². The number of anilines is 5. The van der Waals surface area contributed by atoms with Gasteiger partial charge in [0, 0.05) is 34.1 Å². The van der Waals surface area contributed by atoms with E-state index in [-0.39, 0.29) is 0 Å². The highest BCUT2D eigenvalue weighted by Crippen LogP contribution is 2.59. The van der Waals surface area contributed by atoms with E-state index in [0.717, 1.165) is 72.5 Å². The average molecular weight is 1250 g/mol. The Hall–Kier alpha value is -11.1. The zero-order valence-electron chi connectivity index (χ0n) is 55.7. The summed E-state index contributed by atoms with van der Waals surface area (Å²) < 4.78 is 0. The van der Waals surface area contributed by atoms with Crippen molar-refractivity contribution in [3.05, 3.63) is 422 Å². The van der Waals surface area contributed by atoms with Crippen molar-refractivity contribution in [3.8, 4) is 33.4 Å². The van der Waals surface area contributed by atoms with Crippen LogP contribution in [0.25, 0.3) is 33.4 Å². The molecule has 0 saturated heterocycles. The van der Waals surface area contributed by atoms with E-state index in [1.807, 2.05) is 0 Å². The molecule has 12 aromatic carbocycles. The number of aryl methyl sites for hydroxylation is 4. The van der Waals surface area contributed by atoms with Gasteiger partial charge >= 0.3 is 0 Å². The molecule has 0 fully saturated rings. The number of hydrogen-bond donors (Lipinski definition) is 0. The van der Waals surface area contributed by atoms with Gasteiger partial charge in [-0.1, -0.05) is 272 Å². The van der Waals surface area contributed by atoms with Gasteiger partial charge in [-0.3, -0.25) is 0 Å². The predicted molar refractivity (Wildman–Crippen MR) is 406 cm³/mol. The Morgan fingerprint density at radius 1 is 0.320 bits per heavy atom. The summed E-state index contributed by atoms with van der Waals surface area (Å²) in [5.74, 6) is 0. The maximum atomic E-state index is 2.52. The largest absolute Gasteiger partial charge is 0.314 e. The van der Waals surface area contributed by atoms with Crippen LogP contribution in [0.2, 0.25) is 0 Å². The Bertz CT molecular complexity index is 5140. The zero-order chi connectivity index (χ0) is 65.0. The SMILES string of the molecule is C/C1=C\C=C(\Cc2ccc(C3(c4ccc(C)cc4)c4ccccc4-c4ccc(N(C5=CC=CCC5)c5ccc(-c6ccc(N(c7ccccc7)c7ccc8c(c7)C(c7ccc(C)cc7)(c7ccc(Cc9ccc%10c(c9)CC%10)cc7)c7ccccc7-8)cc6)cc5)cc43)cc2)C=CCC1. The Labute approximate surface area is 572 Å². The smallest absolute Gasteiger partial charge is 0.0714 e. The molecule has 468 valence electrons. The van der Waals surface area contributed by atoms with Crippen molar-refractivity contribution in [1.29, 1.82) is 0 Å². The standard InChI is InChI=1S/C95H78N2/c1-65-16-10-11-17-68(31-26-65)60-69-33-48-78(49-34-69)94(76-44-27-66(2)28-45-76)90-24-14-12-22-86(90)88-58-56-84(63-92(88)94)96(80-18-6-4-7-19-80)82-52-40-72(41-53-82)73-42-54-83(55-43-73)97(81-20-8-5-9-21-81)85-57-59-89-87-23-13-15-25-91(87)95(93(89)64-85,77-46-29-67(3)30-47-77)79-50-35-70(36-51-79)61-71-32-37-74-38-39-75(74)62-71/h4-6,8-9,11-15,17-18,20-37,40-59,62-64H,7,10,16,19,38-39,60-61H2,1-3H3/b17-11?,65-26+,68-31+. The van der Waals surface area contributed by atoms with E-state index in [4.69, 9.17) is 0 Å². The van der Waals surface area contributed by atoms with Crippen LogP contribution in [-0.2, 0) is 36.5 Å². The predicted octanol–water partition coefficient (Wildman–Crippen LogP) is 24.0. The van der Waals surface area contributed by atoms with Gasteiger partial charge in [-0.05, 0) is 250 Å². The number of para-hydroxylation sites is 1. The molecule has 12 aromatic rings. The molecule has 5 aliphatic rings. The second kappa shape index (κ2) is 24.9. The summed E-state index contributed by atoms with van der Waals surface area (Å²) in [7, 11) is 0. The molecule has 2 heteroatoms. The topological polar surface area (TPSA) is 6.48 Å². The molecule has 0 radical (unpaired) electrons. The summed E-state index contributed by atoms with van der Waals surface area (Å²) in [6.45, 7) is 6.63. The van der Waals surface area contributed by atoms with Crippen LogP contribution >= 0.6 is 0 Å². The molecule has 97 heavy (non-hydrogen) atoms. The molecule has 0 spiro atoms. The number of hydrogen-bond acceptors (Lipinski definition) is 2. The lowest BCUT2D eigenvalue weighted by Gasteiger charge is -2.35. The zero-order valence-corrected chi connectivity index (χ0v) is 55.7. The molecule has 0 aliphatic heterocycles.